The van der Waals surface area contributed by atoms with Crippen molar-refractivity contribution >= 4 is 18.0 Å². The fourth-order valence-electron chi connectivity index (χ4n) is 3.28. The predicted octanol–water partition coefficient (Wildman–Crippen LogP) is 4.70. The molecule has 0 aliphatic heterocycles. The van der Waals surface area contributed by atoms with Gasteiger partial charge in [0.15, 0.2) is 0 Å². The summed E-state index contributed by atoms with van der Waals surface area (Å²) in [4.78, 5) is 25.4. The Labute approximate surface area is 177 Å². The Morgan fingerprint density at radius 2 is 1.57 bits per heavy atom. The summed E-state index contributed by atoms with van der Waals surface area (Å²) >= 11 is 0. The molecule has 0 aliphatic carbocycles. The molecule has 3 rings (SSSR count). The SMILES string of the molecule is CN(CCc1ccccc1)C(=O)Cc1ccc(-c2ccccc2)c(/C=C/C(=O)O)c1. The highest BCUT2D eigenvalue weighted by Gasteiger charge is 2.12. The van der Waals surface area contributed by atoms with Crippen molar-refractivity contribution in [2.45, 2.75) is 12.8 Å². The van der Waals surface area contributed by atoms with E-state index in [1.54, 1.807) is 11.0 Å². The van der Waals surface area contributed by atoms with E-state index >= 15 is 0 Å². The third-order valence-corrected chi connectivity index (χ3v) is 4.97. The number of carboxylic acid groups (broad SMARTS) is 1. The van der Waals surface area contributed by atoms with E-state index in [4.69, 9.17) is 5.11 Å². The molecule has 4 nitrogen and oxygen atoms in total. The molecule has 0 radical (unpaired) electrons. The molecule has 0 spiro atoms. The van der Waals surface area contributed by atoms with E-state index in [0.717, 1.165) is 34.8 Å². The second kappa shape index (κ2) is 10.2. The number of carbonyl (C=O) groups excluding carboxylic acids is 1. The van der Waals surface area contributed by atoms with Crippen LogP contribution in [0.25, 0.3) is 17.2 Å². The molecule has 3 aromatic rings. The topological polar surface area (TPSA) is 57.6 Å². The van der Waals surface area contributed by atoms with Gasteiger partial charge in [0, 0.05) is 19.7 Å². The van der Waals surface area contributed by atoms with Crippen LogP contribution in [0.15, 0.2) is 84.9 Å². The summed E-state index contributed by atoms with van der Waals surface area (Å²) in [5, 5.41) is 9.03. The summed E-state index contributed by atoms with van der Waals surface area (Å²) in [6, 6.07) is 25.7. The first-order chi connectivity index (χ1) is 14.5. The number of carbonyl (C=O) groups is 2. The number of carboxylic acids is 1. The molecular formula is C26H25NO3. The number of benzene rings is 3. The van der Waals surface area contributed by atoms with Gasteiger partial charge in [0.05, 0.1) is 6.42 Å². The molecule has 30 heavy (non-hydrogen) atoms. The molecular weight excluding hydrogens is 374 g/mol. The average Bonchev–Trinajstić information content (AvgIpc) is 2.77. The van der Waals surface area contributed by atoms with E-state index in [1.807, 2.05) is 73.8 Å². The standard InChI is InChI=1S/C26H25NO3/c1-27(17-16-20-8-4-2-5-9-20)25(28)19-21-12-14-24(22-10-6-3-7-11-22)23(18-21)13-15-26(29)30/h2-15,18H,16-17,19H2,1H3,(H,29,30)/b15-13+. The Morgan fingerprint density at radius 3 is 2.23 bits per heavy atom. The third-order valence-electron chi connectivity index (χ3n) is 4.97. The van der Waals surface area contributed by atoms with Gasteiger partial charge in [-0.2, -0.15) is 0 Å². The van der Waals surface area contributed by atoms with Crippen molar-refractivity contribution < 1.29 is 14.7 Å². The second-order valence-electron chi connectivity index (χ2n) is 7.19. The molecule has 1 N–H and O–H groups in total. The highest BCUT2D eigenvalue weighted by molar-refractivity contribution is 5.88. The summed E-state index contributed by atoms with van der Waals surface area (Å²) in [5.41, 5.74) is 4.77. The summed E-state index contributed by atoms with van der Waals surface area (Å²) in [7, 11) is 1.81. The number of rotatable bonds is 8. The minimum Gasteiger partial charge on any atom is -0.478 e. The lowest BCUT2D eigenvalue weighted by Gasteiger charge is -2.18. The quantitative estimate of drug-likeness (QED) is 0.559. The van der Waals surface area contributed by atoms with E-state index < -0.39 is 5.97 Å². The Balaban J connectivity index is 1.74. The van der Waals surface area contributed by atoms with Crippen molar-refractivity contribution in [2.24, 2.45) is 0 Å². The van der Waals surface area contributed by atoms with Gasteiger partial charge in [-0.15, -0.1) is 0 Å². The summed E-state index contributed by atoms with van der Waals surface area (Å²) < 4.78 is 0. The lowest BCUT2D eigenvalue weighted by atomic mass is 9.96. The van der Waals surface area contributed by atoms with E-state index in [1.165, 1.54) is 5.56 Å². The Kier molecular flexibility index (Phi) is 7.17. The van der Waals surface area contributed by atoms with Gasteiger partial charge in [-0.25, -0.2) is 4.79 Å². The molecule has 1 amide bonds. The maximum absolute atomic E-state index is 12.7. The van der Waals surface area contributed by atoms with Gasteiger partial charge >= 0.3 is 5.97 Å². The maximum atomic E-state index is 12.7. The number of amides is 1. The van der Waals surface area contributed by atoms with Crippen molar-refractivity contribution in [1.29, 1.82) is 0 Å². The maximum Gasteiger partial charge on any atom is 0.328 e. The van der Waals surface area contributed by atoms with Crippen LogP contribution < -0.4 is 0 Å². The summed E-state index contributed by atoms with van der Waals surface area (Å²) in [6.07, 6.45) is 3.79. The van der Waals surface area contributed by atoms with Gasteiger partial charge in [-0.05, 0) is 40.3 Å². The molecule has 0 unspecified atom stereocenters. The van der Waals surface area contributed by atoms with E-state index in [0.29, 0.717) is 6.54 Å². The van der Waals surface area contributed by atoms with Crippen LogP contribution in [0.2, 0.25) is 0 Å². The number of likely N-dealkylation sites (N-methyl/N-ethyl adjacent to an activating group) is 1. The van der Waals surface area contributed by atoms with Crippen LogP contribution in [-0.4, -0.2) is 35.5 Å². The Hall–Kier alpha value is -3.66. The zero-order valence-corrected chi connectivity index (χ0v) is 17.0. The molecule has 0 aromatic heterocycles. The van der Waals surface area contributed by atoms with Crippen LogP contribution in [0.5, 0.6) is 0 Å². The number of aliphatic carboxylic acids is 1. The third kappa shape index (κ3) is 5.92. The van der Waals surface area contributed by atoms with Gasteiger partial charge in [0.2, 0.25) is 5.91 Å². The van der Waals surface area contributed by atoms with Crippen molar-refractivity contribution in [2.75, 3.05) is 13.6 Å². The predicted molar refractivity (Wildman–Crippen MR) is 120 cm³/mol. The van der Waals surface area contributed by atoms with Crippen molar-refractivity contribution in [3.05, 3.63) is 102 Å². The van der Waals surface area contributed by atoms with Gasteiger partial charge < -0.3 is 10.0 Å². The molecule has 0 bridgehead atoms. The molecule has 0 heterocycles. The van der Waals surface area contributed by atoms with Gasteiger partial charge in [0.25, 0.3) is 0 Å². The Bertz CT molecular complexity index is 1030. The normalized spacial score (nSPS) is 10.8. The largest absolute Gasteiger partial charge is 0.478 e. The zero-order valence-electron chi connectivity index (χ0n) is 17.0. The zero-order chi connectivity index (χ0) is 21.3. The van der Waals surface area contributed by atoms with E-state index in [9.17, 15) is 9.59 Å². The minimum atomic E-state index is -1.00. The van der Waals surface area contributed by atoms with Gasteiger partial charge in [-0.3, -0.25) is 4.79 Å². The molecule has 0 atom stereocenters. The molecule has 3 aromatic carbocycles. The monoisotopic (exact) mass is 399 g/mol. The molecule has 0 saturated heterocycles. The number of nitrogens with zero attached hydrogens (tertiary/aromatic N) is 1. The fourth-order valence-corrected chi connectivity index (χ4v) is 3.28. The van der Waals surface area contributed by atoms with E-state index in [2.05, 4.69) is 12.1 Å². The van der Waals surface area contributed by atoms with Crippen molar-refractivity contribution in [1.82, 2.24) is 4.90 Å². The lowest BCUT2D eigenvalue weighted by Crippen LogP contribution is -2.30. The highest BCUT2D eigenvalue weighted by atomic mass is 16.4. The first-order valence-corrected chi connectivity index (χ1v) is 9.90. The van der Waals surface area contributed by atoms with Crippen LogP contribution in [0.1, 0.15) is 16.7 Å². The highest BCUT2D eigenvalue weighted by Crippen LogP contribution is 2.26. The molecule has 152 valence electrons. The van der Waals surface area contributed by atoms with Crippen LogP contribution in [0.4, 0.5) is 0 Å². The first kappa shape index (κ1) is 21.1. The Morgan fingerprint density at radius 1 is 0.900 bits per heavy atom. The minimum absolute atomic E-state index is 0.0338. The van der Waals surface area contributed by atoms with Crippen LogP contribution in [0.3, 0.4) is 0 Å². The second-order valence-corrected chi connectivity index (χ2v) is 7.19. The van der Waals surface area contributed by atoms with Crippen LogP contribution >= 0.6 is 0 Å². The van der Waals surface area contributed by atoms with Crippen molar-refractivity contribution in [3.63, 3.8) is 0 Å². The summed E-state index contributed by atoms with van der Waals surface area (Å²) in [5.74, 6) is -0.970. The molecule has 0 aliphatic rings. The number of hydrogen-bond donors (Lipinski definition) is 1. The van der Waals surface area contributed by atoms with E-state index in [-0.39, 0.29) is 12.3 Å². The molecule has 4 heteroatoms. The average molecular weight is 399 g/mol. The smallest absolute Gasteiger partial charge is 0.328 e. The molecule has 0 saturated carbocycles. The first-order valence-electron chi connectivity index (χ1n) is 9.90. The van der Waals surface area contributed by atoms with Crippen molar-refractivity contribution in [3.8, 4) is 11.1 Å². The fraction of sp³-hybridized carbons (Fsp3) is 0.154. The number of hydrogen-bond acceptors (Lipinski definition) is 2. The molecule has 0 fully saturated rings. The van der Waals surface area contributed by atoms with Crippen LogP contribution in [0, 0.1) is 0 Å². The van der Waals surface area contributed by atoms with Crippen LogP contribution in [-0.2, 0) is 22.4 Å². The summed E-state index contributed by atoms with van der Waals surface area (Å²) in [6.45, 7) is 0.650. The van der Waals surface area contributed by atoms with Gasteiger partial charge in [-0.1, -0.05) is 78.9 Å². The lowest BCUT2D eigenvalue weighted by molar-refractivity contribution is -0.131. The van der Waals surface area contributed by atoms with Gasteiger partial charge in [0.1, 0.15) is 0 Å².